The highest BCUT2D eigenvalue weighted by atomic mass is 35.5. The predicted molar refractivity (Wildman–Crippen MR) is 116 cm³/mol. The van der Waals surface area contributed by atoms with E-state index in [1.807, 2.05) is 26.0 Å². The lowest BCUT2D eigenvalue weighted by atomic mass is 10.2. The summed E-state index contributed by atoms with van der Waals surface area (Å²) >= 11 is 12.6. The SMILES string of the molecule is Cc1nccc(N2CCN(c3cnn(-c4ccc(C)c(Cl)c4)c(=O)c3Cl)CC2)n1. The minimum absolute atomic E-state index is 0.156. The van der Waals surface area contributed by atoms with Crippen LogP contribution in [-0.2, 0) is 0 Å². The maximum absolute atomic E-state index is 12.8. The molecule has 1 fully saturated rings. The van der Waals surface area contributed by atoms with Crippen molar-refractivity contribution in [1.82, 2.24) is 19.7 Å². The van der Waals surface area contributed by atoms with Crippen molar-refractivity contribution in [3.05, 3.63) is 68.4 Å². The fraction of sp³-hybridized carbons (Fsp3) is 0.300. The number of nitrogens with zero attached hydrogens (tertiary/aromatic N) is 6. The molecular formula is C20H20Cl2N6O. The molecule has 0 N–H and O–H groups in total. The Kier molecular flexibility index (Phi) is 5.43. The highest BCUT2D eigenvalue weighted by molar-refractivity contribution is 6.33. The molecule has 0 unspecified atom stereocenters. The molecule has 7 nitrogen and oxygen atoms in total. The summed E-state index contributed by atoms with van der Waals surface area (Å²) in [6, 6.07) is 7.27. The third-order valence-corrected chi connectivity index (χ3v) is 5.77. The summed E-state index contributed by atoms with van der Waals surface area (Å²) in [4.78, 5) is 25.7. The molecule has 0 spiro atoms. The van der Waals surface area contributed by atoms with Crippen molar-refractivity contribution < 1.29 is 0 Å². The second kappa shape index (κ2) is 8.00. The van der Waals surface area contributed by atoms with Crippen molar-refractivity contribution in [2.45, 2.75) is 13.8 Å². The van der Waals surface area contributed by atoms with Crippen molar-refractivity contribution in [2.24, 2.45) is 0 Å². The van der Waals surface area contributed by atoms with E-state index < -0.39 is 0 Å². The topological polar surface area (TPSA) is 67.2 Å². The summed E-state index contributed by atoms with van der Waals surface area (Å²) < 4.78 is 1.27. The maximum Gasteiger partial charge on any atom is 0.292 e. The van der Waals surface area contributed by atoms with Crippen LogP contribution in [0.15, 0.2) is 41.5 Å². The maximum atomic E-state index is 12.8. The second-order valence-electron chi connectivity index (χ2n) is 6.93. The second-order valence-corrected chi connectivity index (χ2v) is 7.72. The van der Waals surface area contributed by atoms with Gasteiger partial charge in [0.25, 0.3) is 5.56 Å². The molecule has 3 aromatic rings. The Balaban J connectivity index is 1.55. The van der Waals surface area contributed by atoms with Gasteiger partial charge >= 0.3 is 0 Å². The van der Waals surface area contributed by atoms with Gasteiger partial charge in [-0.1, -0.05) is 29.3 Å². The van der Waals surface area contributed by atoms with Crippen molar-refractivity contribution in [3.63, 3.8) is 0 Å². The smallest absolute Gasteiger partial charge is 0.292 e. The molecule has 29 heavy (non-hydrogen) atoms. The van der Waals surface area contributed by atoms with Gasteiger partial charge in [-0.2, -0.15) is 9.78 Å². The summed E-state index contributed by atoms with van der Waals surface area (Å²) in [5.74, 6) is 1.66. The van der Waals surface area contributed by atoms with Gasteiger partial charge in [0, 0.05) is 37.4 Å². The Hall–Kier alpha value is -2.64. The summed E-state index contributed by atoms with van der Waals surface area (Å²) in [6.07, 6.45) is 3.41. The first-order chi connectivity index (χ1) is 13.9. The van der Waals surface area contributed by atoms with Gasteiger partial charge in [-0.3, -0.25) is 4.79 Å². The normalized spacial score (nSPS) is 14.3. The quantitative estimate of drug-likeness (QED) is 0.634. The number of piperazine rings is 1. The zero-order valence-corrected chi connectivity index (χ0v) is 17.7. The van der Waals surface area contributed by atoms with E-state index in [-0.39, 0.29) is 10.6 Å². The highest BCUT2D eigenvalue weighted by Crippen LogP contribution is 2.25. The molecule has 0 radical (unpaired) electrons. The molecule has 3 heterocycles. The Morgan fingerprint density at radius 1 is 1.00 bits per heavy atom. The van der Waals surface area contributed by atoms with Crippen molar-refractivity contribution >= 4 is 34.7 Å². The molecular weight excluding hydrogens is 411 g/mol. The Bertz CT molecular complexity index is 1110. The average molecular weight is 431 g/mol. The molecule has 0 bridgehead atoms. The summed E-state index contributed by atoms with van der Waals surface area (Å²) in [5.41, 5.74) is 1.80. The molecule has 9 heteroatoms. The van der Waals surface area contributed by atoms with Crippen LogP contribution in [0.1, 0.15) is 11.4 Å². The highest BCUT2D eigenvalue weighted by Gasteiger charge is 2.22. The number of anilines is 2. The number of aryl methyl sites for hydroxylation is 2. The zero-order chi connectivity index (χ0) is 20.5. The van der Waals surface area contributed by atoms with Gasteiger partial charge in [-0.25, -0.2) is 9.97 Å². The first kappa shape index (κ1) is 19.7. The number of halogens is 2. The molecule has 150 valence electrons. The van der Waals surface area contributed by atoms with E-state index >= 15 is 0 Å². The Morgan fingerprint density at radius 2 is 1.72 bits per heavy atom. The lowest BCUT2D eigenvalue weighted by Crippen LogP contribution is -2.47. The molecule has 4 rings (SSSR count). The molecule has 1 saturated heterocycles. The average Bonchev–Trinajstić information content (AvgIpc) is 2.72. The van der Waals surface area contributed by atoms with Crippen LogP contribution in [0, 0.1) is 13.8 Å². The van der Waals surface area contributed by atoms with E-state index in [0.29, 0.717) is 29.5 Å². The van der Waals surface area contributed by atoms with Gasteiger partial charge in [-0.05, 0) is 37.6 Å². The van der Waals surface area contributed by atoms with E-state index in [1.165, 1.54) is 4.68 Å². The van der Waals surface area contributed by atoms with Crippen molar-refractivity contribution in [3.8, 4) is 5.69 Å². The Labute approximate surface area is 178 Å². The van der Waals surface area contributed by atoms with Gasteiger partial charge in [-0.15, -0.1) is 0 Å². The number of rotatable bonds is 3. The lowest BCUT2D eigenvalue weighted by Gasteiger charge is -2.36. The standard InChI is InChI=1S/C20H20Cl2N6O/c1-13-3-4-15(11-16(13)21)28-20(29)19(22)17(12-24-28)26-7-9-27(10-8-26)18-5-6-23-14(2)25-18/h3-6,11-12H,7-10H2,1-2H3. The van der Waals surface area contributed by atoms with Crippen LogP contribution in [-0.4, -0.2) is 45.9 Å². The van der Waals surface area contributed by atoms with Crippen LogP contribution in [0.2, 0.25) is 10.0 Å². The molecule has 0 amide bonds. The van der Waals surface area contributed by atoms with Crippen LogP contribution in [0.4, 0.5) is 11.5 Å². The summed E-state index contributed by atoms with van der Waals surface area (Å²) in [7, 11) is 0. The van der Waals surface area contributed by atoms with Crippen molar-refractivity contribution in [1.29, 1.82) is 0 Å². The molecule has 1 aliphatic rings. The monoisotopic (exact) mass is 430 g/mol. The lowest BCUT2D eigenvalue weighted by molar-refractivity contribution is 0.641. The van der Waals surface area contributed by atoms with Gasteiger partial charge in [0.2, 0.25) is 0 Å². The first-order valence-electron chi connectivity index (χ1n) is 9.28. The van der Waals surface area contributed by atoms with E-state index in [1.54, 1.807) is 24.5 Å². The van der Waals surface area contributed by atoms with Gasteiger partial charge in [0.05, 0.1) is 17.6 Å². The number of aromatic nitrogens is 4. The largest absolute Gasteiger partial charge is 0.365 e. The molecule has 1 aliphatic heterocycles. The van der Waals surface area contributed by atoms with E-state index in [9.17, 15) is 4.79 Å². The first-order valence-corrected chi connectivity index (χ1v) is 10.0. The fourth-order valence-corrected chi connectivity index (χ4v) is 3.76. The summed E-state index contributed by atoms with van der Waals surface area (Å²) in [5, 5.41) is 5.06. The fourth-order valence-electron chi connectivity index (χ4n) is 3.34. The Morgan fingerprint density at radius 3 is 2.41 bits per heavy atom. The van der Waals surface area contributed by atoms with Gasteiger partial charge in [0.15, 0.2) is 0 Å². The molecule has 0 atom stereocenters. The minimum Gasteiger partial charge on any atom is -0.365 e. The van der Waals surface area contributed by atoms with Crippen LogP contribution in [0.25, 0.3) is 5.69 Å². The third kappa shape index (κ3) is 3.93. The molecule has 1 aromatic carbocycles. The number of hydrogen-bond donors (Lipinski definition) is 0. The van der Waals surface area contributed by atoms with Gasteiger partial charge < -0.3 is 9.80 Å². The predicted octanol–water partition coefficient (Wildman–Crippen LogP) is 3.27. The van der Waals surface area contributed by atoms with E-state index in [0.717, 1.165) is 30.3 Å². The number of benzene rings is 1. The zero-order valence-electron chi connectivity index (χ0n) is 16.1. The van der Waals surface area contributed by atoms with Crippen LogP contribution >= 0.6 is 23.2 Å². The third-order valence-electron chi connectivity index (χ3n) is 5.01. The van der Waals surface area contributed by atoms with Crippen LogP contribution in [0.5, 0.6) is 0 Å². The van der Waals surface area contributed by atoms with E-state index in [4.69, 9.17) is 23.2 Å². The summed E-state index contributed by atoms with van der Waals surface area (Å²) in [6.45, 7) is 6.74. The number of hydrogen-bond acceptors (Lipinski definition) is 6. The van der Waals surface area contributed by atoms with Crippen LogP contribution < -0.4 is 15.4 Å². The van der Waals surface area contributed by atoms with Crippen molar-refractivity contribution in [2.75, 3.05) is 36.0 Å². The molecule has 0 aliphatic carbocycles. The van der Waals surface area contributed by atoms with Gasteiger partial charge in [0.1, 0.15) is 16.7 Å². The van der Waals surface area contributed by atoms with E-state index in [2.05, 4.69) is 24.9 Å². The minimum atomic E-state index is -0.363. The molecule has 0 saturated carbocycles. The van der Waals surface area contributed by atoms with Crippen LogP contribution in [0.3, 0.4) is 0 Å². The molecule has 2 aromatic heterocycles.